The van der Waals surface area contributed by atoms with Gasteiger partial charge in [-0.15, -0.1) is 0 Å². The molecule has 1 aromatic carbocycles. The molecule has 0 saturated carbocycles. The lowest BCUT2D eigenvalue weighted by molar-refractivity contribution is 0.349. The van der Waals surface area contributed by atoms with E-state index in [-0.39, 0.29) is 5.41 Å². The van der Waals surface area contributed by atoms with Gasteiger partial charge in [-0.2, -0.15) is 0 Å². The summed E-state index contributed by atoms with van der Waals surface area (Å²) < 4.78 is 2.36. The van der Waals surface area contributed by atoms with Crippen LogP contribution in [0.4, 0.5) is 0 Å². The van der Waals surface area contributed by atoms with Crippen LogP contribution in [0, 0.1) is 5.41 Å². The van der Waals surface area contributed by atoms with Gasteiger partial charge in [0.1, 0.15) is 0 Å². The number of nitrogens with zero attached hydrogens (tertiary/aromatic N) is 1. The summed E-state index contributed by atoms with van der Waals surface area (Å²) >= 11 is 0. The molecule has 0 aliphatic carbocycles. The Hall–Kier alpha value is -1.28. The van der Waals surface area contributed by atoms with Crippen molar-refractivity contribution < 1.29 is 0 Å². The minimum atomic E-state index is 0.269. The molecular weight excluding hydrogens is 232 g/mol. The summed E-state index contributed by atoms with van der Waals surface area (Å²) in [7, 11) is 0. The van der Waals surface area contributed by atoms with E-state index < -0.39 is 0 Å². The fourth-order valence-electron chi connectivity index (χ4n) is 2.55. The van der Waals surface area contributed by atoms with Crippen LogP contribution in [0.2, 0.25) is 0 Å². The van der Waals surface area contributed by atoms with Gasteiger partial charge in [0.15, 0.2) is 0 Å². The second kappa shape index (κ2) is 5.01. The summed E-state index contributed by atoms with van der Waals surface area (Å²) in [5.74, 6) is 0.559. The van der Waals surface area contributed by atoms with Gasteiger partial charge in [-0.3, -0.25) is 0 Å². The van der Waals surface area contributed by atoms with Crippen LogP contribution in [-0.4, -0.2) is 4.57 Å². The van der Waals surface area contributed by atoms with E-state index in [1.54, 1.807) is 0 Å². The average Bonchev–Trinajstić information content (AvgIpc) is 2.64. The summed E-state index contributed by atoms with van der Waals surface area (Å²) in [5, 5.41) is 1.30. The molecule has 0 aliphatic heterocycles. The summed E-state index contributed by atoms with van der Waals surface area (Å²) in [6.45, 7) is 12.9. The topological polar surface area (TPSA) is 30.9 Å². The number of benzene rings is 1. The van der Waals surface area contributed by atoms with Gasteiger partial charge in [0.25, 0.3) is 0 Å². The molecule has 1 aromatic heterocycles. The Labute approximate surface area is 116 Å². The Bertz CT molecular complexity index is 571. The van der Waals surface area contributed by atoms with Gasteiger partial charge in [0.05, 0.1) is 0 Å². The van der Waals surface area contributed by atoms with E-state index in [1.165, 1.54) is 22.0 Å². The largest absolute Gasteiger partial charge is 0.347 e. The summed E-state index contributed by atoms with van der Waals surface area (Å²) in [6, 6.07) is 6.78. The molecule has 0 atom stereocenters. The number of hydrogen-bond donors (Lipinski definition) is 1. The van der Waals surface area contributed by atoms with E-state index >= 15 is 0 Å². The van der Waals surface area contributed by atoms with Crippen molar-refractivity contribution in [3.8, 4) is 0 Å². The van der Waals surface area contributed by atoms with Crippen LogP contribution in [-0.2, 0) is 13.1 Å². The third-order valence-corrected chi connectivity index (χ3v) is 3.52. The molecule has 19 heavy (non-hydrogen) atoms. The van der Waals surface area contributed by atoms with Gasteiger partial charge in [0.2, 0.25) is 0 Å². The highest BCUT2D eigenvalue weighted by molar-refractivity contribution is 5.84. The van der Waals surface area contributed by atoms with Crippen LogP contribution in [0.5, 0.6) is 0 Å². The smallest absolute Gasteiger partial charge is 0.0486 e. The molecule has 2 nitrogen and oxygen atoms in total. The fourth-order valence-corrected chi connectivity index (χ4v) is 2.55. The predicted molar refractivity (Wildman–Crippen MR) is 83.4 cm³/mol. The summed E-state index contributed by atoms with van der Waals surface area (Å²) in [4.78, 5) is 0. The van der Waals surface area contributed by atoms with E-state index in [4.69, 9.17) is 5.73 Å². The minimum Gasteiger partial charge on any atom is -0.347 e. The Kier molecular flexibility index (Phi) is 3.73. The molecule has 0 spiro atoms. The molecule has 0 radical (unpaired) electrons. The molecule has 0 fully saturated rings. The highest BCUT2D eigenvalue weighted by atomic mass is 15.0. The van der Waals surface area contributed by atoms with Gasteiger partial charge < -0.3 is 10.3 Å². The van der Waals surface area contributed by atoms with Crippen LogP contribution in [0.25, 0.3) is 10.9 Å². The predicted octanol–water partition coefficient (Wildman–Crippen LogP) is 4.27. The Morgan fingerprint density at radius 1 is 1.21 bits per heavy atom. The molecule has 0 unspecified atom stereocenters. The van der Waals surface area contributed by atoms with E-state index in [2.05, 4.69) is 63.6 Å². The lowest BCUT2D eigenvalue weighted by atomic mass is 9.96. The lowest BCUT2D eigenvalue weighted by Crippen LogP contribution is -2.14. The zero-order chi connectivity index (χ0) is 14.2. The Balaban J connectivity index is 2.58. The number of nitrogens with two attached hydrogens (primary N) is 1. The van der Waals surface area contributed by atoms with Crippen molar-refractivity contribution >= 4 is 10.9 Å². The quantitative estimate of drug-likeness (QED) is 0.875. The third-order valence-electron chi connectivity index (χ3n) is 3.52. The highest BCUT2D eigenvalue weighted by Crippen LogP contribution is 2.28. The summed E-state index contributed by atoms with van der Waals surface area (Å²) in [6.07, 6.45) is 2.22. The SMILES string of the molecule is CC(C)c1ccc2c(CN)cn(CC(C)(C)C)c2c1. The minimum absolute atomic E-state index is 0.269. The van der Waals surface area contributed by atoms with Crippen LogP contribution >= 0.6 is 0 Å². The standard InChI is InChI=1S/C17H26N2/c1-12(2)13-6-7-15-14(9-18)10-19(16(15)8-13)11-17(3,4)5/h6-8,10,12H,9,11,18H2,1-5H3. The van der Waals surface area contributed by atoms with Gasteiger partial charge >= 0.3 is 0 Å². The molecule has 0 aliphatic rings. The van der Waals surface area contributed by atoms with Crippen molar-refractivity contribution in [3.05, 3.63) is 35.5 Å². The first-order valence-electron chi connectivity index (χ1n) is 7.13. The normalized spacial score (nSPS) is 12.6. The maximum Gasteiger partial charge on any atom is 0.0486 e. The van der Waals surface area contributed by atoms with Gasteiger partial charge in [-0.1, -0.05) is 46.8 Å². The van der Waals surface area contributed by atoms with Crippen molar-refractivity contribution in [2.45, 2.75) is 53.6 Å². The van der Waals surface area contributed by atoms with Gasteiger partial charge in [-0.05, 0) is 28.5 Å². The van der Waals surface area contributed by atoms with E-state index in [9.17, 15) is 0 Å². The van der Waals surface area contributed by atoms with Crippen molar-refractivity contribution in [1.29, 1.82) is 0 Å². The molecule has 2 heteroatoms. The van der Waals surface area contributed by atoms with Crippen molar-refractivity contribution in [2.75, 3.05) is 0 Å². The van der Waals surface area contributed by atoms with Crippen molar-refractivity contribution in [1.82, 2.24) is 4.57 Å². The zero-order valence-electron chi connectivity index (χ0n) is 12.8. The Morgan fingerprint density at radius 2 is 1.89 bits per heavy atom. The van der Waals surface area contributed by atoms with E-state index in [1.807, 2.05) is 0 Å². The zero-order valence-corrected chi connectivity index (χ0v) is 12.8. The maximum absolute atomic E-state index is 5.88. The molecule has 1 heterocycles. The van der Waals surface area contributed by atoms with Crippen molar-refractivity contribution in [3.63, 3.8) is 0 Å². The molecule has 0 saturated heterocycles. The van der Waals surface area contributed by atoms with Crippen molar-refractivity contribution in [2.24, 2.45) is 11.1 Å². The van der Waals surface area contributed by atoms with Gasteiger partial charge in [-0.25, -0.2) is 0 Å². The first-order chi connectivity index (χ1) is 8.81. The summed E-state index contributed by atoms with van der Waals surface area (Å²) in [5.41, 5.74) is 10.1. The van der Waals surface area contributed by atoms with Crippen LogP contribution < -0.4 is 5.73 Å². The molecule has 2 aromatic rings. The molecule has 104 valence electrons. The van der Waals surface area contributed by atoms with E-state index in [0.717, 1.165) is 6.54 Å². The second-order valence-corrected chi connectivity index (χ2v) is 6.98. The average molecular weight is 258 g/mol. The van der Waals surface area contributed by atoms with Crippen LogP contribution in [0.1, 0.15) is 51.7 Å². The first-order valence-corrected chi connectivity index (χ1v) is 7.13. The second-order valence-electron chi connectivity index (χ2n) is 6.98. The van der Waals surface area contributed by atoms with Crippen LogP contribution in [0.15, 0.2) is 24.4 Å². The Morgan fingerprint density at radius 3 is 2.42 bits per heavy atom. The lowest BCUT2D eigenvalue weighted by Gasteiger charge is -2.20. The van der Waals surface area contributed by atoms with Crippen LogP contribution in [0.3, 0.4) is 0 Å². The van der Waals surface area contributed by atoms with E-state index in [0.29, 0.717) is 12.5 Å². The number of hydrogen-bond acceptors (Lipinski definition) is 1. The molecule has 2 N–H and O–H groups in total. The molecule has 0 amide bonds. The third kappa shape index (κ3) is 3.01. The monoisotopic (exact) mass is 258 g/mol. The number of rotatable bonds is 3. The molecule has 0 bridgehead atoms. The molecular formula is C17H26N2. The molecule has 2 rings (SSSR count). The highest BCUT2D eigenvalue weighted by Gasteiger charge is 2.15. The first kappa shape index (κ1) is 14.1. The fraction of sp³-hybridized carbons (Fsp3) is 0.529. The number of fused-ring (bicyclic) bond motifs is 1. The maximum atomic E-state index is 5.88. The van der Waals surface area contributed by atoms with Gasteiger partial charge in [0, 0.05) is 30.2 Å². The number of aromatic nitrogens is 1.